The lowest BCUT2D eigenvalue weighted by molar-refractivity contribution is 0.622. The number of halogens is 2. The Labute approximate surface area is 58.3 Å². The fourth-order valence-electron chi connectivity index (χ4n) is 0.387. The van der Waals surface area contributed by atoms with Crippen LogP contribution in [0.3, 0.4) is 0 Å². The summed E-state index contributed by atoms with van der Waals surface area (Å²) in [6.45, 7) is 0. The van der Waals surface area contributed by atoms with Crippen LogP contribution in [0.5, 0.6) is 0 Å². The number of pyridine rings is 1. The van der Waals surface area contributed by atoms with E-state index in [-0.39, 0.29) is 18.2 Å². The number of rotatable bonds is 0. The fraction of sp³-hybridized carbons (Fsp3) is 0. The highest BCUT2D eigenvalue weighted by atomic mass is 35.5. The van der Waals surface area contributed by atoms with E-state index in [0.717, 1.165) is 6.20 Å². The van der Waals surface area contributed by atoms with Crippen LogP contribution in [0, 0.1) is 5.82 Å². The van der Waals surface area contributed by atoms with Gasteiger partial charge in [-0.25, -0.2) is 9.37 Å². The van der Waals surface area contributed by atoms with E-state index in [1.807, 2.05) is 0 Å². The van der Waals surface area contributed by atoms with E-state index in [0.29, 0.717) is 5.82 Å². The molecule has 0 atom stereocenters. The molecule has 2 N–H and O–H groups in total. The topological polar surface area (TPSA) is 38.9 Å². The Morgan fingerprint density at radius 3 is 2.44 bits per heavy atom. The number of hydrogen-bond donors (Lipinski definition) is 1. The van der Waals surface area contributed by atoms with Gasteiger partial charge in [-0.1, -0.05) is 0 Å². The molecule has 0 amide bonds. The van der Waals surface area contributed by atoms with E-state index >= 15 is 0 Å². The first-order valence-electron chi connectivity index (χ1n) is 2.16. The van der Waals surface area contributed by atoms with Gasteiger partial charge in [-0.3, -0.25) is 0 Å². The maximum atomic E-state index is 12.0. The zero-order valence-corrected chi connectivity index (χ0v) is 5.36. The molecule has 1 rings (SSSR count). The van der Waals surface area contributed by atoms with Crippen molar-refractivity contribution in [3.8, 4) is 0 Å². The van der Waals surface area contributed by atoms with Gasteiger partial charge in [0.1, 0.15) is 11.6 Å². The summed E-state index contributed by atoms with van der Waals surface area (Å²) in [7, 11) is 0. The molecule has 0 saturated heterocycles. The van der Waals surface area contributed by atoms with Gasteiger partial charge in [-0.05, 0) is 12.1 Å². The van der Waals surface area contributed by atoms with Crippen molar-refractivity contribution < 1.29 is 4.39 Å². The van der Waals surface area contributed by atoms with Crippen LogP contribution in [-0.4, -0.2) is 4.98 Å². The highest BCUT2D eigenvalue weighted by Gasteiger charge is 1.85. The molecule has 2 nitrogen and oxygen atoms in total. The average Bonchev–Trinajstić information content (AvgIpc) is 1.77. The Morgan fingerprint density at radius 2 is 2.11 bits per heavy atom. The molecular weight excluding hydrogens is 143 g/mol. The summed E-state index contributed by atoms with van der Waals surface area (Å²) in [5.41, 5.74) is 5.15. The molecule has 0 unspecified atom stereocenters. The zero-order chi connectivity index (χ0) is 5.98. The predicted octanol–water partition coefficient (Wildman–Crippen LogP) is 1.22. The molecule has 50 valence electrons. The molecule has 9 heavy (non-hydrogen) atoms. The lowest BCUT2D eigenvalue weighted by Crippen LogP contribution is -1.87. The monoisotopic (exact) mass is 148 g/mol. The van der Waals surface area contributed by atoms with E-state index in [4.69, 9.17) is 5.73 Å². The second kappa shape index (κ2) is 3.25. The van der Waals surface area contributed by atoms with Crippen LogP contribution in [0.15, 0.2) is 18.3 Å². The van der Waals surface area contributed by atoms with Crippen molar-refractivity contribution in [2.24, 2.45) is 0 Å². The molecule has 0 aliphatic rings. The van der Waals surface area contributed by atoms with Gasteiger partial charge in [0.05, 0.1) is 6.20 Å². The number of nitrogens with zero attached hydrogens (tertiary/aromatic N) is 1. The molecule has 0 aliphatic carbocycles. The van der Waals surface area contributed by atoms with Crippen LogP contribution in [0.1, 0.15) is 0 Å². The summed E-state index contributed by atoms with van der Waals surface area (Å²) in [6, 6.07) is 2.68. The molecule has 0 aromatic carbocycles. The van der Waals surface area contributed by atoms with Crippen molar-refractivity contribution in [3.63, 3.8) is 0 Å². The predicted molar refractivity (Wildman–Crippen MR) is 35.9 cm³/mol. The molecule has 1 heterocycles. The largest absolute Gasteiger partial charge is 0.384 e. The summed E-state index contributed by atoms with van der Waals surface area (Å²) < 4.78 is 12.0. The van der Waals surface area contributed by atoms with Gasteiger partial charge in [0, 0.05) is 0 Å². The smallest absolute Gasteiger partial charge is 0.141 e. The summed E-state index contributed by atoms with van der Waals surface area (Å²) in [6.07, 6.45) is 1.08. The summed E-state index contributed by atoms with van der Waals surface area (Å²) in [5.74, 6) is -0.0226. The third-order valence-corrected chi connectivity index (χ3v) is 0.750. The fourth-order valence-corrected chi connectivity index (χ4v) is 0.387. The Bertz CT molecular complexity index is 154. The first-order valence-corrected chi connectivity index (χ1v) is 2.16. The second-order valence-electron chi connectivity index (χ2n) is 1.40. The third-order valence-electron chi connectivity index (χ3n) is 0.750. The van der Waals surface area contributed by atoms with E-state index < -0.39 is 0 Å². The molecule has 0 bridgehead atoms. The van der Waals surface area contributed by atoms with Crippen molar-refractivity contribution in [2.45, 2.75) is 0 Å². The van der Waals surface area contributed by atoms with Crippen LogP contribution in [0.25, 0.3) is 0 Å². The van der Waals surface area contributed by atoms with E-state index in [1.54, 1.807) is 0 Å². The van der Waals surface area contributed by atoms with Crippen molar-refractivity contribution in [1.82, 2.24) is 4.98 Å². The average molecular weight is 149 g/mol. The minimum atomic E-state index is -0.362. The molecule has 0 aliphatic heterocycles. The normalized spacial score (nSPS) is 8.11. The van der Waals surface area contributed by atoms with Crippen molar-refractivity contribution >= 4 is 18.2 Å². The highest BCUT2D eigenvalue weighted by molar-refractivity contribution is 5.85. The van der Waals surface area contributed by atoms with Gasteiger partial charge in [-0.15, -0.1) is 12.4 Å². The molecule has 0 spiro atoms. The maximum Gasteiger partial charge on any atom is 0.141 e. The molecule has 4 heteroatoms. The Hall–Kier alpha value is -0.830. The Balaban J connectivity index is 0.000000640. The highest BCUT2D eigenvalue weighted by Crippen LogP contribution is 1.96. The second-order valence-corrected chi connectivity index (χ2v) is 1.40. The quantitative estimate of drug-likeness (QED) is 0.601. The van der Waals surface area contributed by atoms with Crippen LogP contribution in [0.2, 0.25) is 0 Å². The molecule has 1 aromatic rings. The minimum absolute atomic E-state index is 0. The van der Waals surface area contributed by atoms with E-state index in [2.05, 4.69) is 4.98 Å². The van der Waals surface area contributed by atoms with Gasteiger partial charge < -0.3 is 5.73 Å². The van der Waals surface area contributed by atoms with Crippen LogP contribution < -0.4 is 5.73 Å². The van der Waals surface area contributed by atoms with E-state index in [1.165, 1.54) is 12.1 Å². The number of nitrogens with two attached hydrogens (primary N) is 1. The SMILES string of the molecule is Cl.Nc1ccc(F)cn1. The number of aromatic nitrogens is 1. The minimum Gasteiger partial charge on any atom is -0.384 e. The Kier molecular flexibility index (Phi) is 2.95. The van der Waals surface area contributed by atoms with Crippen molar-refractivity contribution in [1.29, 1.82) is 0 Å². The van der Waals surface area contributed by atoms with Gasteiger partial charge in [0.15, 0.2) is 0 Å². The van der Waals surface area contributed by atoms with Crippen molar-refractivity contribution in [3.05, 3.63) is 24.1 Å². The first-order chi connectivity index (χ1) is 3.79. The summed E-state index contributed by atoms with van der Waals surface area (Å²) in [4.78, 5) is 3.48. The van der Waals surface area contributed by atoms with Gasteiger partial charge >= 0.3 is 0 Å². The first kappa shape index (κ1) is 8.17. The summed E-state index contributed by atoms with van der Waals surface area (Å²) >= 11 is 0. The van der Waals surface area contributed by atoms with Gasteiger partial charge in [-0.2, -0.15) is 0 Å². The number of hydrogen-bond acceptors (Lipinski definition) is 2. The molecular formula is C5H6ClFN2. The number of nitrogen functional groups attached to an aromatic ring is 1. The number of anilines is 1. The Morgan fingerprint density at radius 1 is 1.44 bits per heavy atom. The lowest BCUT2D eigenvalue weighted by Gasteiger charge is -1.86. The lowest BCUT2D eigenvalue weighted by atomic mass is 10.5. The standard InChI is InChI=1S/C5H5FN2.ClH/c6-4-1-2-5(7)8-3-4;/h1-3H,(H2,7,8);1H. The zero-order valence-electron chi connectivity index (χ0n) is 4.54. The molecule has 0 fully saturated rings. The molecule has 0 saturated carbocycles. The summed E-state index contributed by atoms with van der Waals surface area (Å²) in [5, 5.41) is 0. The van der Waals surface area contributed by atoms with Gasteiger partial charge in [0.25, 0.3) is 0 Å². The van der Waals surface area contributed by atoms with Gasteiger partial charge in [0.2, 0.25) is 0 Å². The van der Waals surface area contributed by atoms with E-state index in [9.17, 15) is 4.39 Å². The molecule has 0 radical (unpaired) electrons. The third kappa shape index (κ3) is 2.28. The van der Waals surface area contributed by atoms with Crippen LogP contribution in [-0.2, 0) is 0 Å². The molecule has 1 aromatic heterocycles. The van der Waals surface area contributed by atoms with Crippen LogP contribution >= 0.6 is 12.4 Å². The van der Waals surface area contributed by atoms with Crippen molar-refractivity contribution in [2.75, 3.05) is 5.73 Å². The van der Waals surface area contributed by atoms with Crippen LogP contribution in [0.4, 0.5) is 10.2 Å². The maximum absolute atomic E-state index is 12.0.